The van der Waals surface area contributed by atoms with Gasteiger partial charge in [0.1, 0.15) is 18.0 Å². The van der Waals surface area contributed by atoms with Crippen molar-refractivity contribution in [1.82, 2.24) is 15.1 Å². The number of nitrogens with zero attached hydrogens (tertiary/aromatic N) is 2. The highest BCUT2D eigenvalue weighted by atomic mass is 32.1. The molecular weight excluding hydrogens is 476 g/mol. The summed E-state index contributed by atoms with van der Waals surface area (Å²) in [6, 6.07) is 9.55. The maximum Gasteiger partial charge on any atom is 0.410 e. The van der Waals surface area contributed by atoms with Gasteiger partial charge in [-0.1, -0.05) is 13.8 Å². The van der Waals surface area contributed by atoms with E-state index in [1.54, 1.807) is 4.90 Å². The lowest BCUT2D eigenvalue weighted by atomic mass is 10.1. The van der Waals surface area contributed by atoms with E-state index in [-0.39, 0.29) is 18.0 Å². The number of rotatable bonds is 9. The van der Waals surface area contributed by atoms with Crippen LogP contribution in [0.2, 0.25) is 0 Å². The first kappa shape index (κ1) is 27.8. The van der Waals surface area contributed by atoms with Crippen molar-refractivity contribution >= 4 is 28.3 Å². The number of thiophene rings is 1. The van der Waals surface area contributed by atoms with E-state index in [0.717, 1.165) is 48.7 Å². The number of hydrogen-bond donors (Lipinski definition) is 2. The maximum atomic E-state index is 13.0. The molecule has 1 aromatic heterocycles. The third-order valence-corrected chi connectivity index (χ3v) is 7.14. The number of likely N-dealkylation sites (N-methyl/N-ethyl adjacent to an activating group) is 1. The van der Waals surface area contributed by atoms with E-state index in [1.807, 2.05) is 51.1 Å². The molecule has 0 spiro atoms. The van der Waals surface area contributed by atoms with Gasteiger partial charge in [0.25, 0.3) is 5.91 Å². The first-order valence-electron chi connectivity index (χ1n) is 12.7. The largest absolute Gasteiger partial charge is 0.492 e. The Bertz CT molecular complexity index is 1010. The van der Waals surface area contributed by atoms with Crippen LogP contribution in [0.5, 0.6) is 5.75 Å². The van der Waals surface area contributed by atoms with E-state index in [9.17, 15) is 9.59 Å². The summed E-state index contributed by atoms with van der Waals surface area (Å²) >= 11 is 1.39. The third-order valence-electron chi connectivity index (χ3n) is 6.12. The fourth-order valence-electron chi connectivity index (χ4n) is 4.12. The number of piperidine rings is 1. The quantitative estimate of drug-likeness (QED) is 0.495. The van der Waals surface area contributed by atoms with Crippen molar-refractivity contribution in [3.05, 3.63) is 35.9 Å². The smallest absolute Gasteiger partial charge is 0.410 e. The van der Waals surface area contributed by atoms with E-state index in [0.29, 0.717) is 30.3 Å². The van der Waals surface area contributed by atoms with Gasteiger partial charge in [-0.3, -0.25) is 4.79 Å². The molecule has 198 valence electrons. The molecule has 0 bridgehead atoms. The van der Waals surface area contributed by atoms with Crippen LogP contribution in [0.15, 0.2) is 30.3 Å². The molecule has 1 saturated heterocycles. The summed E-state index contributed by atoms with van der Waals surface area (Å²) in [5, 5.41) is 3.53. The van der Waals surface area contributed by atoms with Crippen LogP contribution in [-0.2, 0) is 4.74 Å². The lowest BCUT2D eigenvalue weighted by molar-refractivity contribution is 0.0185. The number of amides is 2. The minimum atomic E-state index is -0.551. The summed E-state index contributed by atoms with van der Waals surface area (Å²) in [5.74, 6) is 0.600. The predicted molar refractivity (Wildman–Crippen MR) is 146 cm³/mol. The average molecular weight is 517 g/mol. The molecule has 1 aromatic carbocycles. The van der Waals surface area contributed by atoms with Crippen LogP contribution in [0.1, 0.15) is 57.8 Å². The molecule has 3 rings (SSSR count). The molecule has 1 aliphatic heterocycles. The molecule has 36 heavy (non-hydrogen) atoms. The normalized spacial score (nSPS) is 16.2. The number of carbonyl (C=O) groups excluding carboxylic acids is 2. The number of nitrogens with two attached hydrogens (primary N) is 1. The van der Waals surface area contributed by atoms with E-state index in [2.05, 4.69) is 24.1 Å². The first-order chi connectivity index (χ1) is 17.1. The van der Waals surface area contributed by atoms with Crippen LogP contribution < -0.4 is 15.8 Å². The Morgan fingerprint density at radius 1 is 1.19 bits per heavy atom. The number of nitrogen functional groups attached to an aromatic ring is 1. The Kier molecular flexibility index (Phi) is 9.62. The van der Waals surface area contributed by atoms with E-state index >= 15 is 0 Å². The van der Waals surface area contributed by atoms with Gasteiger partial charge in [0.05, 0.1) is 10.6 Å². The van der Waals surface area contributed by atoms with Gasteiger partial charge in [0.2, 0.25) is 0 Å². The molecule has 2 amide bonds. The van der Waals surface area contributed by atoms with Crippen LogP contribution >= 0.6 is 11.3 Å². The Labute approximate surface area is 218 Å². The SMILES string of the molecule is CCN(CC)CCOc1ccc(-c2cc(C(=O)N[C@H]3CCCN(C(=O)OC(C)(C)C)C3)c(N)s2)cc1. The molecule has 1 aliphatic rings. The minimum absolute atomic E-state index is 0.144. The Morgan fingerprint density at radius 3 is 2.53 bits per heavy atom. The Balaban J connectivity index is 1.58. The summed E-state index contributed by atoms with van der Waals surface area (Å²) in [6.45, 7) is 14.4. The number of hydrogen-bond acceptors (Lipinski definition) is 7. The van der Waals surface area contributed by atoms with Crippen molar-refractivity contribution in [2.24, 2.45) is 0 Å². The summed E-state index contributed by atoms with van der Waals surface area (Å²) in [7, 11) is 0. The molecule has 0 aliphatic carbocycles. The van der Waals surface area contributed by atoms with E-state index in [1.165, 1.54) is 11.3 Å². The number of likely N-dealkylation sites (tertiary alicyclic amines) is 1. The van der Waals surface area contributed by atoms with Crippen LogP contribution in [0.3, 0.4) is 0 Å². The molecule has 1 fully saturated rings. The molecule has 3 N–H and O–H groups in total. The second-order valence-corrected chi connectivity index (χ2v) is 11.1. The predicted octanol–water partition coefficient (Wildman–Crippen LogP) is 4.85. The average Bonchev–Trinajstić information content (AvgIpc) is 3.23. The minimum Gasteiger partial charge on any atom is -0.492 e. The van der Waals surface area contributed by atoms with Gasteiger partial charge in [-0.15, -0.1) is 11.3 Å². The molecule has 0 unspecified atom stereocenters. The van der Waals surface area contributed by atoms with Crippen molar-refractivity contribution < 1.29 is 19.1 Å². The summed E-state index contributed by atoms with van der Waals surface area (Å²) in [6.07, 6.45) is 1.26. The molecule has 1 atom stereocenters. The van der Waals surface area contributed by atoms with Crippen molar-refractivity contribution in [2.75, 3.05) is 45.1 Å². The molecule has 8 nitrogen and oxygen atoms in total. The second-order valence-electron chi connectivity index (χ2n) is 10.0. The van der Waals surface area contributed by atoms with Crippen molar-refractivity contribution in [3.8, 4) is 16.2 Å². The highest BCUT2D eigenvalue weighted by Crippen LogP contribution is 2.34. The first-order valence-corrected chi connectivity index (χ1v) is 13.5. The van der Waals surface area contributed by atoms with Crippen LogP contribution in [0, 0.1) is 0 Å². The van der Waals surface area contributed by atoms with Crippen LogP contribution in [-0.4, -0.2) is 72.8 Å². The molecular formula is C27H40N4O4S. The lowest BCUT2D eigenvalue weighted by Gasteiger charge is -2.34. The van der Waals surface area contributed by atoms with Gasteiger partial charge in [0, 0.05) is 30.6 Å². The third kappa shape index (κ3) is 7.86. The number of nitrogens with one attached hydrogen (secondary N) is 1. The van der Waals surface area contributed by atoms with Crippen molar-refractivity contribution in [1.29, 1.82) is 0 Å². The monoisotopic (exact) mass is 516 g/mol. The second kappa shape index (κ2) is 12.5. The highest BCUT2D eigenvalue weighted by Gasteiger charge is 2.29. The summed E-state index contributed by atoms with van der Waals surface area (Å²) in [4.78, 5) is 30.3. The molecule has 2 aromatic rings. The van der Waals surface area contributed by atoms with E-state index in [4.69, 9.17) is 15.2 Å². The zero-order valence-electron chi connectivity index (χ0n) is 22.1. The number of benzene rings is 1. The number of carbonyl (C=O) groups is 2. The highest BCUT2D eigenvalue weighted by molar-refractivity contribution is 7.19. The molecule has 9 heteroatoms. The van der Waals surface area contributed by atoms with Gasteiger partial charge in [-0.25, -0.2) is 4.79 Å². The maximum absolute atomic E-state index is 13.0. The van der Waals surface area contributed by atoms with Gasteiger partial charge in [-0.05, 0) is 82.6 Å². The lowest BCUT2D eigenvalue weighted by Crippen LogP contribution is -2.50. The molecule has 2 heterocycles. The van der Waals surface area contributed by atoms with Crippen LogP contribution in [0.25, 0.3) is 10.4 Å². The van der Waals surface area contributed by atoms with Crippen molar-refractivity contribution in [2.45, 2.75) is 59.1 Å². The molecule has 0 saturated carbocycles. The standard InChI is InChI=1S/C27H40N4O4S/c1-6-30(7-2)15-16-34-21-12-10-19(11-13-21)23-17-22(24(28)36-23)25(32)29-20-9-8-14-31(18-20)26(33)35-27(3,4)5/h10-13,17,20H,6-9,14-16,18,28H2,1-5H3,(H,29,32)/t20-/m0/s1. The van der Waals surface area contributed by atoms with Gasteiger partial charge in [-0.2, -0.15) is 0 Å². The Hall–Kier alpha value is -2.78. The fraction of sp³-hybridized carbons (Fsp3) is 0.556. The van der Waals surface area contributed by atoms with Gasteiger partial charge >= 0.3 is 6.09 Å². The van der Waals surface area contributed by atoms with E-state index < -0.39 is 5.60 Å². The number of anilines is 1. The Morgan fingerprint density at radius 2 is 1.89 bits per heavy atom. The topological polar surface area (TPSA) is 97.1 Å². The number of ether oxygens (including phenoxy) is 2. The zero-order chi connectivity index (χ0) is 26.3. The van der Waals surface area contributed by atoms with Crippen molar-refractivity contribution in [3.63, 3.8) is 0 Å². The summed E-state index contributed by atoms with van der Waals surface area (Å²) in [5.41, 5.74) is 7.12. The zero-order valence-corrected chi connectivity index (χ0v) is 23.0. The van der Waals surface area contributed by atoms with Gasteiger partial charge in [0.15, 0.2) is 0 Å². The summed E-state index contributed by atoms with van der Waals surface area (Å²) < 4.78 is 11.4. The fourth-order valence-corrected chi connectivity index (χ4v) is 5.05. The van der Waals surface area contributed by atoms with Gasteiger partial charge < -0.3 is 30.3 Å². The molecule has 0 radical (unpaired) electrons. The van der Waals surface area contributed by atoms with Crippen LogP contribution in [0.4, 0.5) is 9.80 Å².